The molecule has 2 fully saturated rings. The van der Waals surface area contributed by atoms with Gasteiger partial charge >= 0.3 is 5.97 Å². The SMILES string of the molecule is O=C1CC/C=C\CN(c2ccc(Cl)cc2)C(=O)[C@H]2N(CCCCCCO)C(=O)[C@@H]3[C@@H](C(=O)N[C@@H](c4ccccc4)CO1)[C@@H]1O[C@@]32C=C1Br. The van der Waals surface area contributed by atoms with Crippen molar-refractivity contribution >= 4 is 56.9 Å². The van der Waals surface area contributed by atoms with E-state index in [1.807, 2.05) is 42.5 Å². The van der Waals surface area contributed by atoms with E-state index in [0.29, 0.717) is 41.0 Å². The molecule has 0 unspecified atom stereocenters. The Morgan fingerprint density at radius 3 is 2.46 bits per heavy atom. The third-order valence-electron chi connectivity index (χ3n) is 9.57. The Hall–Kier alpha value is -3.51. The highest BCUT2D eigenvalue weighted by Crippen LogP contribution is 2.58. The Morgan fingerprint density at radius 2 is 1.71 bits per heavy atom. The minimum Gasteiger partial charge on any atom is -0.463 e. The van der Waals surface area contributed by atoms with Gasteiger partial charge in [0, 0.05) is 41.3 Å². The number of fused-ring (bicyclic) bond motifs is 2. The molecule has 2 aromatic carbocycles. The molecule has 4 heterocycles. The van der Waals surface area contributed by atoms with E-state index in [1.165, 1.54) is 0 Å². The van der Waals surface area contributed by atoms with Gasteiger partial charge in [-0.25, -0.2) is 0 Å². The van der Waals surface area contributed by atoms with Crippen molar-refractivity contribution in [3.05, 3.63) is 87.9 Å². The second-order valence-corrected chi connectivity index (χ2v) is 13.9. The molecule has 48 heavy (non-hydrogen) atoms. The lowest BCUT2D eigenvalue weighted by Crippen LogP contribution is -2.56. The number of rotatable bonds is 8. The number of unbranched alkanes of at least 4 members (excludes halogenated alkanes) is 3. The van der Waals surface area contributed by atoms with Crippen molar-refractivity contribution in [1.29, 1.82) is 0 Å². The summed E-state index contributed by atoms with van der Waals surface area (Å²) in [6, 6.07) is 14.4. The number of benzene rings is 2. The Bertz CT molecular complexity index is 1590. The molecule has 4 aliphatic rings. The zero-order valence-electron chi connectivity index (χ0n) is 26.4. The number of hydrogen-bond donors (Lipinski definition) is 2. The number of hydrogen-bond acceptors (Lipinski definition) is 7. The average Bonchev–Trinajstić information content (AvgIpc) is 3.68. The van der Waals surface area contributed by atoms with Crippen molar-refractivity contribution in [3.8, 4) is 0 Å². The van der Waals surface area contributed by atoms with Crippen LogP contribution in [0.3, 0.4) is 0 Å². The number of likely N-dealkylation sites (tertiary alicyclic amines) is 1. The number of esters is 1. The molecule has 2 saturated heterocycles. The van der Waals surface area contributed by atoms with Crippen LogP contribution in [0.2, 0.25) is 5.02 Å². The molecule has 0 aliphatic carbocycles. The van der Waals surface area contributed by atoms with Gasteiger partial charge in [-0.05, 0) is 55.2 Å². The van der Waals surface area contributed by atoms with Crippen molar-refractivity contribution in [2.75, 3.05) is 31.2 Å². The van der Waals surface area contributed by atoms with Crippen molar-refractivity contribution in [2.24, 2.45) is 11.8 Å². The molecule has 254 valence electrons. The van der Waals surface area contributed by atoms with Gasteiger partial charge in [0.2, 0.25) is 11.8 Å². The van der Waals surface area contributed by atoms with Crippen LogP contribution in [0.15, 0.2) is 77.3 Å². The molecule has 2 N–H and O–H groups in total. The van der Waals surface area contributed by atoms with Crippen molar-refractivity contribution in [2.45, 2.75) is 62.3 Å². The maximum atomic E-state index is 14.9. The van der Waals surface area contributed by atoms with E-state index in [1.54, 1.807) is 40.1 Å². The lowest BCUT2D eigenvalue weighted by molar-refractivity contribution is -0.145. The predicted octanol–water partition coefficient (Wildman–Crippen LogP) is 4.85. The predicted molar refractivity (Wildman–Crippen MR) is 183 cm³/mol. The second-order valence-electron chi connectivity index (χ2n) is 12.6. The van der Waals surface area contributed by atoms with Crippen LogP contribution in [-0.4, -0.2) is 77.7 Å². The molecule has 5 bridgehead atoms. The number of amides is 3. The smallest absolute Gasteiger partial charge is 0.306 e. The Labute approximate surface area is 293 Å². The lowest BCUT2D eigenvalue weighted by atomic mass is 9.74. The third kappa shape index (κ3) is 6.70. The van der Waals surface area contributed by atoms with Crippen molar-refractivity contribution in [3.63, 3.8) is 0 Å². The molecule has 0 aromatic heterocycles. The van der Waals surface area contributed by atoms with Gasteiger partial charge in [0.25, 0.3) is 5.91 Å². The molecule has 12 heteroatoms. The highest BCUT2D eigenvalue weighted by molar-refractivity contribution is 9.11. The molecule has 6 atom stereocenters. The number of carbonyl (C=O) groups excluding carboxylic acids is 4. The number of nitrogens with one attached hydrogen (secondary N) is 1. The molecule has 4 aliphatic heterocycles. The maximum absolute atomic E-state index is 14.9. The Morgan fingerprint density at radius 1 is 0.958 bits per heavy atom. The van der Waals surface area contributed by atoms with Crippen LogP contribution in [0.1, 0.15) is 50.1 Å². The number of nitrogens with zero attached hydrogens (tertiary/aromatic N) is 2. The van der Waals surface area contributed by atoms with E-state index in [4.69, 9.17) is 21.1 Å². The largest absolute Gasteiger partial charge is 0.463 e. The fourth-order valence-corrected chi connectivity index (χ4v) is 8.16. The Balaban J connectivity index is 1.42. The van der Waals surface area contributed by atoms with Gasteiger partial charge in [-0.1, -0.05) is 82.9 Å². The number of aliphatic hydroxyl groups is 1. The molecule has 2 aromatic rings. The summed E-state index contributed by atoms with van der Waals surface area (Å²) in [5, 5.41) is 12.8. The summed E-state index contributed by atoms with van der Waals surface area (Å²) in [6.45, 7) is 0.467. The topological polar surface area (TPSA) is 125 Å². The first-order chi connectivity index (χ1) is 23.2. The molecule has 10 nitrogen and oxygen atoms in total. The van der Waals surface area contributed by atoms with Crippen LogP contribution in [0.25, 0.3) is 0 Å². The first-order valence-corrected chi connectivity index (χ1v) is 17.6. The molecule has 6 rings (SSSR count). The van der Waals surface area contributed by atoms with Gasteiger partial charge in [-0.3, -0.25) is 19.2 Å². The van der Waals surface area contributed by atoms with Crippen molar-refractivity contribution in [1.82, 2.24) is 10.2 Å². The molecule has 3 amide bonds. The first kappa shape index (κ1) is 34.4. The number of ether oxygens (including phenoxy) is 2. The second kappa shape index (κ2) is 14.9. The minimum atomic E-state index is -1.39. The molecular formula is C36H39BrClN3O7. The van der Waals surface area contributed by atoms with Gasteiger partial charge in [-0.15, -0.1) is 0 Å². The first-order valence-electron chi connectivity index (χ1n) is 16.5. The summed E-state index contributed by atoms with van der Waals surface area (Å²) in [5.74, 6) is -3.39. The highest BCUT2D eigenvalue weighted by Gasteiger charge is 2.74. The molecule has 0 radical (unpaired) electrons. The third-order valence-corrected chi connectivity index (χ3v) is 10.5. The van der Waals surface area contributed by atoms with Gasteiger partial charge < -0.3 is 29.7 Å². The fraction of sp³-hybridized carbons (Fsp3) is 0.444. The lowest BCUT2D eigenvalue weighted by Gasteiger charge is -2.36. The van der Waals surface area contributed by atoms with Gasteiger partial charge in [0.05, 0.1) is 17.9 Å². The minimum absolute atomic E-state index is 0.0806. The van der Waals surface area contributed by atoms with Crippen LogP contribution in [0.4, 0.5) is 5.69 Å². The normalized spacial score (nSPS) is 29.8. The fourth-order valence-electron chi connectivity index (χ4n) is 7.30. The number of allylic oxidation sites excluding steroid dienone is 1. The van der Waals surface area contributed by atoms with Gasteiger partial charge in [0.15, 0.2) is 0 Å². The van der Waals surface area contributed by atoms with Crippen LogP contribution in [-0.2, 0) is 28.7 Å². The summed E-state index contributed by atoms with van der Waals surface area (Å²) in [5.41, 5.74) is -0.0575. The van der Waals surface area contributed by atoms with E-state index < -0.39 is 47.5 Å². The standard InChI is InChI=1S/C36H39BrClN3O7/c37-26-21-36-30-29(31(26)48-36)33(44)39-27(23-11-5-3-6-12-23)22-47-28(43)13-7-4-9-18-40(25-16-14-24(38)15-17-25)35(46)32(36)41(34(30)45)19-8-1-2-10-20-42/h3-6,9,11-12,14-17,21,27,29-32,42H,1-2,7-8,10,13,18-20,22H2,(H,39,44)/b9-4-/t27-,29-,30+,31-,32-,36+/m1/s1. The van der Waals surface area contributed by atoms with E-state index in [2.05, 4.69) is 21.2 Å². The summed E-state index contributed by atoms with van der Waals surface area (Å²) >= 11 is 9.82. The van der Waals surface area contributed by atoms with Crippen LogP contribution in [0.5, 0.6) is 0 Å². The van der Waals surface area contributed by atoms with Gasteiger partial charge in [-0.2, -0.15) is 0 Å². The summed E-state index contributed by atoms with van der Waals surface area (Å²) in [4.78, 5) is 59.6. The van der Waals surface area contributed by atoms with E-state index in [0.717, 1.165) is 18.4 Å². The number of carbonyl (C=O) groups is 4. The average molecular weight is 741 g/mol. The highest BCUT2D eigenvalue weighted by atomic mass is 79.9. The van der Waals surface area contributed by atoms with Gasteiger partial charge in [0.1, 0.15) is 24.4 Å². The molecular weight excluding hydrogens is 702 g/mol. The monoisotopic (exact) mass is 739 g/mol. The van der Waals surface area contributed by atoms with Crippen LogP contribution < -0.4 is 10.2 Å². The Kier molecular flexibility index (Phi) is 10.7. The number of aliphatic hydroxyl groups excluding tert-OH is 1. The van der Waals surface area contributed by atoms with Crippen molar-refractivity contribution < 1.29 is 33.8 Å². The number of cyclic esters (lactones) is 1. The molecule has 0 saturated carbocycles. The number of anilines is 1. The van der Waals surface area contributed by atoms with Crippen LogP contribution in [0, 0.1) is 11.8 Å². The van der Waals surface area contributed by atoms with E-state index in [9.17, 15) is 24.3 Å². The van der Waals surface area contributed by atoms with E-state index in [-0.39, 0.29) is 38.0 Å². The van der Waals surface area contributed by atoms with E-state index >= 15 is 0 Å². The number of halogens is 2. The molecule has 1 spiro atoms. The summed E-state index contributed by atoms with van der Waals surface area (Å²) < 4.78 is 12.9. The maximum Gasteiger partial charge on any atom is 0.306 e. The summed E-state index contributed by atoms with van der Waals surface area (Å²) in [6.07, 6.45) is 8.01. The summed E-state index contributed by atoms with van der Waals surface area (Å²) in [7, 11) is 0. The quantitative estimate of drug-likeness (QED) is 0.225. The van der Waals surface area contributed by atoms with Crippen LogP contribution >= 0.6 is 27.5 Å². The zero-order chi connectivity index (χ0) is 33.8. The zero-order valence-corrected chi connectivity index (χ0v) is 28.8.